The largest absolute Gasteiger partial charge is 0.395 e. The van der Waals surface area contributed by atoms with Crippen LogP contribution in [0.2, 0.25) is 0 Å². The molecule has 1 N–H and O–H groups in total. The van der Waals surface area contributed by atoms with Gasteiger partial charge in [-0.1, -0.05) is 25.7 Å². The number of rotatable bonds is 6. The summed E-state index contributed by atoms with van der Waals surface area (Å²) < 4.78 is 0. The Labute approximate surface area is 127 Å². The molecular formula is C16H27N3O2. The molecule has 2 saturated carbocycles. The van der Waals surface area contributed by atoms with Crippen molar-refractivity contribution in [3.8, 4) is 6.07 Å². The zero-order chi connectivity index (χ0) is 15.3. The molecule has 0 aromatic heterocycles. The van der Waals surface area contributed by atoms with Crippen LogP contribution in [0.3, 0.4) is 0 Å². The summed E-state index contributed by atoms with van der Waals surface area (Å²) in [4.78, 5) is 16.3. The molecule has 2 aliphatic rings. The molecule has 2 aliphatic carbocycles. The zero-order valence-electron chi connectivity index (χ0n) is 13.1. The second-order valence-electron chi connectivity index (χ2n) is 6.44. The molecule has 0 spiro atoms. The van der Waals surface area contributed by atoms with Gasteiger partial charge in [-0.15, -0.1) is 0 Å². The van der Waals surface area contributed by atoms with Gasteiger partial charge in [-0.2, -0.15) is 5.26 Å². The van der Waals surface area contributed by atoms with Gasteiger partial charge in [-0.3, -0.25) is 9.69 Å². The van der Waals surface area contributed by atoms with Crippen molar-refractivity contribution < 1.29 is 9.90 Å². The smallest absolute Gasteiger partial charge is 0.237 e. The van der Waals surface area contributed by atoms with E-state index < -0.39 is 5.54 Å². The van der Waals surface area contributed by atoms with Crippen molar-refractivity contribution in [3.05, 3.63) is 0 Å². The van der Waals surface area contributed by atoms with Gasteiger partial charge in [0.1, 0.15) is 5.54 Å². The molecule has 0 aliphatic heterocycles. The fourth-order valence-corrected chi connectivity index (χ4v) is 3.45. The zero-order valence-corrected chi connectivity index (χ0v) is 13.1. The number of carbonyl (C=O) groups excluding carboxylic acids is 1. The number of carbonyl (C=O) groups is 1. The minimum atomic E-state index is -0.611. The third kappa shape index (κ3) is 3.56. The number of amides is 1. The van der Waals surface area contributed by atoms with Crippen LogP contribution in [0, 0.1) is 11.3 Å². The van der Waals surface area contributed by atoms with E-state index in [1.54, 1.807) is 11.9 Å². The standard InChI is InChI=1S/C16H27N3O2/c1-18(16(13-17)8-3-2-4-9-16)15(21)12-19(10-11-20)14-6-5-7-14/h14,20H,2-12H2,1H3. The quantitative estimate of drug-likeness (QED) is 0.806. The van der Waals surface area contributed by atoms with Gasteiger partial charge in [-0.05, 0) is 25.7 Å². The molecule has 0 saturated heterocycles. The Morgan fingerprint density at radius 2 is 1.95 bits per heavy atom. The molecule has 0 unspecified atom stereocenters. The number of nitrogens with zero attached hydrogens (tertiary/aromatic N) is 3. The van der Waals surface area contributed by atoms with Gasteiger partial charge in [0.15, 0.2) is 0 Å². The second-order valence-corrected chi connectivity index (χ2v) is 6.44. The van der Waals surface area contributed by atoms with Gasteiger partial charge >= 0.3 is 0 Å². The second kappa shape index (κ2) is 7.24. The molecule has 0 atom stereocenters. The fraction of sp³-hybridized carbons (Fsp3) is 0.875. The summed E-state index contributed by atoms with van der Waals surface area (Å²) in [6.07, 6.45) is 8.20. The molecule has 0 aromatic carbocycles. The first-order valence-corrected chi connectivity index (χ1v) is 8.16. The number of nitriles is 1. The van der Waals surface area contributed by atoms with E-state index >= 15 is 0 Å². The lowest BCUT2D eigenvalue weighted by atomic mass is 9.81. The van der Waals surface area contributed by atoms with Gasteiger partial charge in [0.2, 0.25) is 5.91 Å². The highest BCUT2D eigenvalue weighted by molar-refractivity contribution is 5.79. The first-order chi connectivity index (χ1) is 10.1. The van der Waals surface area contributed by atoms with Crippen molar-refractivity contribution in [2.75, 3.05) is 26.7 Å². The fourth-order valence-electron chi connectivity index (χ4n) is 3.45. The minimum Gasteiger partial charge on any atom is -0.395 e. The summed E-state index contributed by atoms with van der Waals surface area (Å²) in [7, 11) is 1.77. The Kier molecular flexibility index (Phi) is 5.60. The summed E-state index contributed by atoms with van der Waals surface area (Å²) in [6.45, 7) is 0.950. The van der Waals surface area contributed by atoms with E-state index in [0.29, 0.717) is 19.1 Å². The summed E-state index contributed by atoms with van der Waals surface area (Å²) in [5.74, 6) is 0.0128. The topological polar surface area (TPSA) is 67.6 Å². The van der Waals surface area contributed by atoms with Crippen molar-refractivity contribution in [2.24, 2.45) is 0 Å². The number of aliphatic hydroxyl groups excluding tert-OH is 1. The monoisotopic (exact) mass is 293 g/mol. The summed E-state index contributed by atoms with van der Waals surface area (Å²) in [5, 5.41) is 18.8. The summed E-state index contributed by atoms with van der Waals surface area (Å²) in [6, 6.07) is 2.83. The minimum absolute atomic E-state index is 0.0128. The average Bonchev–Trinajstić information content (AvgIpc) is 2.45. The predicted octanol–water partition coefficient (Wildman–Crippen LogP) is 1.52. The molecule has 0 aromatic rings. The van der Waals surface area contributed by atoms with Crippen molar-refractivity contribution in [1.82, 2.24) is 9.80 Å². The maximum Gasteiger partial charge on any atom is 0.237 e. The van der Waals surface area contributed by atoms with E-state index in [4.69, 9.17) is 0 Å². The van der Waals surface area contributed by atoms with Crippen LogP contribution >= 0.6 is 0 Å². The van der Waals surface area contributed by atoms with Crippen molar-refractivity contribution >= 4 is 5.91 Å². The summed E-state index contributed by atoms with van der Waals surface area (Å²) in [5.41, 5.74) is -0.611. The molecule has 0 radical (unpaired) electrons. The highest BCUT2D eigenvalue weighted by atomic mass is 16.3. The van der Waals surface area contributed by atoms with Crippen LogP contribution in [0.15, 0.2) is 0 Å². The van der Waals surface area contributed by atoms with Crippen molar-refractivity contribution in [2.45, 2.75) is 62.9 Å². The summed E-state index contributed by atoms with van der Waals surface area (Å²) >= 11 is 0. The molecule has 0 heterocycles. The van der Waals surface area contributed by atoms with Gasteiger partial charge in [0, 0.05) is 19.6 Å². The van der Waals surface area contributed by atoms with Crippen LogP contribution in [0.25, 0.3) is 0 Å². The van der Waals surface area contributed by atoms with E-state index in [1.165, 1.54) is 6.42 Å². The highest BCUT2D eigenvalue weighted by Crippen LogP contribution is 2.33. The molecule has 118 valence electrons. The lowest BCUT2D eigenvalue weighted by Gasteiger charge is -2.42. The maximum atomic E-state index is 12.6. The average molecular weight is 293 g/mol. The van der Waals surface area contributed by atoms with E-state index in [0.717, 1.165) is 44.9 Å². The molecule has 21 heavy (non-hydrogen) atoms. The van der Waals surface area contributed by atoms with Gasteiger partial charge in [-0.25, -0.2) is 0 Å². The Hall–Kier alpha value is -1.12. The number of hydrogen-bond donors (Lipinski definition) is 1. The van der Waals surface area contributed by atoms with Crippen LogP contribution in [0.5, 0.6) is 0 Å². The Bertz CT molecular complexity index is 395. The van der Waals surface area contributed by atoms with E-state index in [9.17, 15) is 15.2 Å². The predicted molar refractivity (Wildman–Crippen MR) is 80.5 cm³/mol. The lowest BCUT2D eigenvalue weighted by Crippen LogP contribution is -2.54. The lowest BCUT2D eigenvalue weighted by molar-refractivity contribution is -0.137. The van der Waals surface area contributed by atoms with E-state index in [2.05, 4.69) is 11.0 Å². The van der Waals surface area contributed by atoms with Gasteiger partial charge in [0.25, 0.3) is 0 Å². The molecule has 1 amide bonds. The van der Waals surface area contributed by atoms with Crippen LogP contribution < -0.4 is 0 Å². The molecular weight excluding hydrogens is 266 g/mol. The van der Waals surface area contributed by atoms with Crippen LogP contribution in [0.1, 0.15) is 51.4 Å². The van der Waals surface area contributed by atoms with Crippen molar-refractivity contribution in [3.63, 3.8) is 0 Å². The number of hydrogen-bond acceptors (Lipinski definition) is 4. The molecule has 0 bridgehead atoms. The Morgan fingerprint density at radius 1 is 1.29 bits per heavy atom. The molecule has 2 fully saturated rings. The third-order valence-electron chi connectivity index (χ3n) is 5.22. The maximum absolute atomic E-state index is 12.6. The Balaban J connectivity index is 1.98. The SMILES string of the molecule is CN(C(=O)CN(CCO)C1CCC1)C1(C#N)CCCCC1. The van der Waals surface area contributed by atoms with Crippen molar-refractivity contribution in [1.29, 1.82) is 5.26 Å². The van der Waals surface area contributed by atoms with E-state index in [1.807, 2.05) is 0 Å². The highest BCUT2D eigenvalue weighted by Gasteiger charge is 2.39. The first-order valence-electron chi connectivity index (χ1n) is 8.16. The molecule has 5 heteroatoms. The first kappa shape index (κ1) is 16.3. The normalized spacial score (nSPS) is 21.6. The number of likely N-dealkylation sites (N-methyl/N-ethyl adjacent to an activating group) is 1. The van der Waals surface area contributed by atoms with Crippen LogP contribution in [-0.4, -0.2) is 59.1 Å². The van der Waals surface area contributed by atoms with E-state index in [-0.39, 0.29) is 12.5 Å². The third-order valence-corrected chi connectivity index (χ3v) is 5.22. The molecule has 2 rings (SSSR count). The van der Waals surface area contributed by atoms with Gasteiger partial charge < -0.3 is 10.0 Å². The number of aliphatic hydroxyl groups is 1. The van der Waals surface area contributed by atoms with Crippen LogP contribution in [0.4, 0.5) is 0 Å². The van der Waals surface area contributed by atoms with Crippen LogP contribution in [-0.2, 0) is 4.79 Å². The Morgan fingerprint density at radius 3 is 2.43 bits per heavy atom. The van der Waals surface area contributed by atoms with Gasteiger partial charge in [0.05, 0.1) is 19.2 Å². The molecule has 5 nitrogen and oxygen atoms in total.